The van der Waals surface area contributed by atoms with Gasteiger partial charge in [-0.3, -0.25) is 0 Å². The molecule has 3 rings (SSSR count). The van der Waals surface area contributed by atoms with E-state index < -0.39 is 11.6 Å². The highest BCUT2D eigenvalue weighted by Crippen LogP contribution is 2.34. The van der Waals surface area contributed by atoms with Crippen molar-refractivity contribution in [3.63, 3.8) is 0 Å². The molecule has 0 aliphatic carbocycles. The lowest BCUT2D eigenvalue weighted by atomic mass is 10.0. The second-order valence-corrected chi connectivity index (χ2v) is 4.87. The molecule has 1 aliphatic rings. The lowest BCUT2D eigenvalue weighted by Gasteiger charge is -2.27. The van der Waals surface area contributed by atoms with Crippen LogP contribution in [0, 0.1) is 25.5 Å². The molecule has 1 aromatic heterocycles. The third-order valence-corrected chi connectivity index (χ3v) is 3.72. The first-order valence-corrected chi connectivity index (χ1v) is 6.33. The molecule has 100 valence electrons. The number of anilines is 1. The first kappa shape index (κ1) is 12.1. The Bertz CT molecular complexity index is 614. The van der Waals surface area contributed by atoms with Gasteiger partial charge < -0.3 is 5.32 Å². The van der Waals surface area contributed by atoms with Crippen molar-refractivity contribution in [3.05, 3.63) is 46.7 Å². The Morgan fingerprint density at radius 2 is 1.95 bits per heavy atom. The van der Waals surface area contributed by atoms with E-state index in [0.29, 0.717) is 13.0 Å². The van der Waals surface area contributed by atoms with Gasteiger partial charge in [0.15, 0.2) is 0 Å². The molecule has 19 heavy (non-hydrogen) atoms. The van der Waals surface area contributed by atoms with Gasteiger partial charge in [0.25, 0.3) is 0 Å². The Morgan fingerprint density at radius 1 is 1.26 bits per heavy atom. The first-order valence-electron chi connectivity index (χ1n) is 6.33. The second-order valence-electron chi connectivity index (χ2n) is 4.87. The number of benzene rings is 1. The third-order valence-electron chi connectivity index (χ3n) is 3.72. The zero-order valence-electron chi connectivity index (χ0n) is 10.9. The van der Waals surface area contributed by atoms with Gasteiger partial charge in [-0.25, -0.2) is 13.5 Å². The number of aromatic nitrogens is 2. The number of nitrogens with zero attached hydrogens (tertiary/aromatic N) is 2. The molecule has 3 nitrogen and oxygen atoms in total. The Balaban J connectivity index is 2.17. The number of hydrogen-bond acceptors (Lipinski definition) is 2. The van der Waals surface area contributed by atoms with E-state index in [0.717, 1.165) is 17.1 Å². The number of aryl methyl sites for hydroxylation is 1. The van der Waals surface area contributed by atoms with Gasteiger partial charge in [-0.05, 0) is 32.4 Å². The summed E-state index contributed by atoms with van der Waals surface area (Å²) < 4.78 is 29.6. The maximum Gasteiger partial charge on any atom is 0.131 e. The minimum absolute atomic E-state index is 0.104. The minimum atomic E-state index is -0.511. The predicted molar refractivity (Wildman–Crippen MR) is 69.3 cm³/mol. The Labute approximate surface area is 110 Å². The van der Waals surface area contributed by atoms with E-state index in [4.69, 9.17) is 0 Å². The van der Waals surface area contributed by atoms with Crippen LogP contribution >= 0.6 is 0 Å². The number of rotatable bonds is 1. The maximum absolute atomic E-state index is 13.9. The van der Waals surface area contributed by atoms with E-state index in [9.17, 15) is 8.78 Å². The fraction of sp³-hybridized carbons (Fsp3) is 0.357. The fourth-order valence-corrected chi connectivity index (χ4v) is 2.61. The van der Waals surface area contributed by atoms with Crippen molar-refractivity contribution in [3.8, 4) is 0 Å². The fourth-order valence-electron chi connectivity index (χ4n) is 2.61. The van der Waals surface area contributed by atoms with Crippen LogP contribution in [0.25, 0.3) is 0 Å². The van der Waals surface area contributed by atoms with Crippen molar-refractivity contribution in [2.75, 3.05) is 11.9 Å². The summed E-state index contributed by atoms with van der Waals surface area (Å²) in [5.74, 6) is -0.163. The highest BCUT2D eigenvalue weighted by Gasteiger charge is 2.28. The summed E-state index contributed by atoms with van der Waals surface area (Å²) in [5, 5.41) is 7.66. The van der Waals surface area contributed by atoms with E-state index in [2.05, 4.69) is 10.4 Å². The average molecular weight is 263 g/mol. The van der Waals surface area contributed by atoms with Crippen molar-refractivity contribution >= 4 is 5.82 Å². The van der Waals surface area contributed by atoms with E-state index >= 15 is 0 Å². The molecule has 1 aromatic carbocycles. The number of nitrogens with one attached hydrogen (secondary N) is 1. The van der Waals surface area contributed by atoms with Gasteiger partial charge in [-0.2, -0.15) is 5.10 Å². The molecule has 1 atom stereocenters. The Hall–Kier alpha value is -1.91. The van der Waals surface area contributed by atoms with Gasteiger partial charge in [0.1, 0.15) is 17.5 Å². The SMILES string of the molecule is Cc1nn2c(c1C)NCCC2c1c(F)cccc1F. The normalized spacial score (nSPS) is 18.0. The largest absolute Gasteiger partial charge is 0.370 e. The molecule has 0 bridgehead atoms. The zero-order valence-corrected chi connectivity index (χ0v) is 10.9. The molecule has 0 saturated carbocycles. The molecule has 0 fully saturated rings. The molecular weight excluding hydrogens is 248 g/mol. The predicted octanol–water partition coefficient (Wildman–Crippen LogP) is 3.18. The van der Waals surface area contributed by atoms with Gasteiger partial charge in [-0.1, -0.05) is 6.07 Å². The van der Waals surface area contributed by atoms with Crippen LogP contribution in [0.5, 0.6) is 0 Å². The van der Waals surface area contributed by atoms with E-state index in [-0.39, 0.29) is 11.6 Å². The molecule has 0 radical (unpaired) electrons. The van der Waals surface area contributed by atoms with Gasteiger partial charge in [0, 0.05) is 17.7 Å². The van der Waals surface area contributed by atoms with Crippen LogP contribution in [0.1, 0.15) is 29.3 Å². The van der Waals surface area contributed by atoms with Crippen LogP contribution in [-0.2, 0) is 0 Å². The van der Waals surface area contributed by atoms with Crippen molar-refractivity contribution in [2.45, 2.75) is 26.3 Å². The molecule has 2 aromatic rings. The van der Waals surface area contributed by atoms with Crippen LogP contribution in [0.2, 0.25) is 0 Å². The minimum Gasteiger partial charge on any atom is -0.370 e. The molecule has 1 unspecified atom stereocenters. The lowest BCUT2D eigenvalue weighted by molar-refractivity contribution is 0.432. The van der Waals surface area contributed by atoms with Crippen LogP contribution in [-0.4, -0.2) is 16.3 Å². The van der Waals surface area contributed by atoms with Crippen LogP contribution in [0.15, 0.2) is 18.2 Å². The monoisotopic (exact) mass is 263 g/mol. The van der Waals surface area contributed by atoms with Crippen molar-refractivity contribution in [1.29, 1.82) is 0 Å². The van der Waals surface area contributed by atoms with E-state index in [1.165, 1.54) is 18.2 Å². The van der Waals surface area contributed by atoms with Gasteiger partial charge >= 0.3 is 0 Å². The molecule has 1 N–H and O–H groups in total. The number of hydrogen-bond donors (Lipinski definition) is 1. The number of fused-ring (bicyclic) bond motifs is 1. The van der Waals surface area contributed by atoms with Crippen LogP contribution in [0.4, 0.5) is 14.6 Å². The summed E-state index contributed by atoms with van der Waals surface area (Å²) in [4.78, 5) is 0. The van der Waals surface area contributed by atoms with Crippen LogP contribution in [0.3, 0.4) is 0 Å². The molecule has 0 amide bonds. The summed E-state index contributed by atoms with van der Waals surface area (Å²) in [6, 6.07) is 3.59. The number of halogens is 2. The molecule has 1 aliphatic heterocycles. The maximum atomic E-state index is 13.9. The highest BCUT2D eigenvalue weighted by atomic mass is 19.1. The van der Waals surface area contributed by atoms with Crippen molar-refractivity contribution in [2.24, 2.45) is 0 Å². The lowest BCUT2D eigenvalue weighted by Crippen LogP contribution is -2.26. The third kappa shape index (κ3) is 1.80. The van der Waals surface area contributed by atoms with Crippen molar-refractivity contribution in [1.82, 2.24) is 9.78 Å². The molecule has 5 heteroatoms. The highest BCUT2D eigenvalue weighted by molar-refractivity contribution is 5.49. The van der Waals surface area contributed by atoms with Crippen molar-refractivity contribution < 1.29 is 8.78 Å². The molecular formula is C14H15F2N3. The summed E-state index contributed by atoms with van der Waals surface area (Å²) >= 11 is 0. The van der Waals surface area contributed by atoms with Gasteiger partial charge in [0.2, 0.25) is 0 Å². The summed E-state index contributed by atoms with van der Waals surface area (Å²) in [6.45, 7) is 4.54. The molecule has 0 saturated heterocycles. The van der Waals surface area contributed by atoms with E-state index in [1.54, 1.807) is 4.68 Å². The smallest absolute Gasteiger partial charge is 0.131 e. The quantitative estimate of drug-likeness (QED) is 0.856. The molecule has 0 spiro atoms. The Morgan fingerprint density at radius 3 is 2.63 bits per heavy atom. The van der Waals surface area contributed by atoms with E-state index in [1.807, 2.05) is 13.8 Å². The molecule has 2 heterocycles. The van der Waals surface area contributed by atoms with Gasteiger partial charge in [-0.15, -0.1) is 0 Å². The van der Waals surface area contributed by atoms with Gasteiger partial charge in [0.05, 0.1) is 11.7 Å². The topological polar surface area (TPSA) is 29.9 Å². The Kier molecular flexibility index (Phi) is 2.77. The average Bonchev–Trinajstić information content (AvgIpc) is 2.67. The standard InChI is InChI=1S/C14H15F2N3/c1-8-9(2)18-19-12(6-7-17-14(8)19)13-10(15)4-3-5-11(13)16/h3-5,12,17H,6-7H2,1-2H3. The summed E-state index contributed by atoms with van der Waals surface area (Å²) in [5.41, 5.74) is 2.01. The summed E-state index contributed by atoms with van der Waals surface area (Å²) in [6.07, 6.45) is 0.616. The zero-order chi connectivity index (χ0) is 13.6. The second kappa shape index (κ2) is 4.33. The van der Waals surface area contributed by atoms with Crippen LogP contribution < -0.4 is 5.32 Å². The first-order chi connectivity index (χ1) is 9.09. The summed E-state index contributed by atoms with van der Waals surface area (Å²) in [7, 11) is 0.